The zero-order chi connectivity index (χ0) is 18.1. The predicted octanol–water partition coefficient (Wildman–Crippen LogP) is 3.61. The summed E-state index contributed by atoms with van der Waals surface area (Å²) in [5, 5.41) is 6.34. The number of hydrogen-bond acceptors (Lipinski definition) is 4. The van der Waals surface area contributed by atoms with Crippen molar-refractivity contribution >= 4 is 11.6 Å². The van der Waals surface area contributed by atoms with Gasteiger partial charge in [-0.25, -0.2) is 5.01 Å². The summed E-state index contributed by atoms with van der Waals surface area (Å²) in [6, 6.07) is 11.9. The van der Waals surface area contributed by atoms with Gasteiger partial charge in [-0.05, 0) is 43.5 Å². The van der Waals surface area contributed by atoms with Gasteiger partial charge in [-0.2, -0.15) is 5.10 Å². The molecule has 0 spiro atoms. The highest BCUT2D eigenvalue weighted by atomic mass is 16.3. The summed E-state index contributed by atoms with van der Waals surface area (Å²) in [7, 11) is 0. The second-order valence-electron chi connectivity index (χ2n) is 7.52. The van der Waals surface area contributed by atoms with Crippen LogP contribution in [0.5, 0.6) is 0 Å². The lowest BCUT2D eigenvalue weighted by molar-refractivity contribution is -0.134. The second-order valence-corrected chi connectivity index (χ2v) is 7.52. The Morgan fingerprint density at radius 1 is 1.27 bits per heavy atom. The fourth-order valence-electron chi connectivity index (χ4n) is 3.80. The summed E-state index contributed by atoms with van der Waals surface area (Å²) >= 11 is 0. The Morgan fingerprint density at radius 2 is 2.08 bits per heavy atom. The average molecular weight is 351 g/mol. The van der Waals surface area contributed by atoms with Crippen molar-refractivity contribution in [1.82, 2.24) is 9.91 Å². The summed E-state index contributed by atoms with van der Waals surface area (Å²) in [5.74, 6) is 1.50. The number of carbonyl (C=O) groups is 1. The number of likely N-dealkylation sites (tertiary alicyclic amines) is 1. The summed E-state index contributed by atoms with van der Waals surface area (Å²) in [4.78, 5) is 15.2. The first-order valence-corrected chi connectivity index (χ1v) is 9.32. The number of amides is 1. The van der Waals surface area contributed by atoms with Crippen LogP contribution in [-0.4, -0.2) is 41.2 Å². The second kappa shape index (κ2) is 7.08. The molecule has 0 bridgehead atoms. The maximum Gasteiger partial charge on any atom is 0.257 e. The molecular weight excluding hydrogens is 326 g/mol. The molecule has 26 heavy (non-hydrogen) atoms. The highest BCUT2D eigenvalue weighted by Gasteiger charge is 2.35. The van der Waals surface area contributed by atoms with E-state index in [1.54, 1.807) is 11.3 Å². The lowest BCUT2D eigenvalue weighted by Crippen LogP contribution is -2.37. The first-order valence-electron chi connectivity index (χ1n) is 9.32. The fraction of sp³-hybridized carbons (Fsp3) is 0.429. The molecule has 2 unspecified atom stereocenters. The SMILES string of the molecule is Cc1ccc(C2=NN(C(=O)CN3CCC(C)C3)C(c3ccco3)C2)cc1. The molecule has 1 amide bonds. The van der Waals surface area contributed by atoms with Gasteiger partial charge in [0, 0.05) is 13.0 Å². The summed E-state index contributed by atoms with van der Waals surface area (Å²) < 4.78 is 5.61. The van der Waals surface area contributed by atoms with Crippen molar-refractivity contribution < 1.29 is 9.21 Å². The molecule has 1 aromatic heterocycles. The van der Waals surface area contributed by atoms with Crippen molar-refractivity contribution in [2.24, 2.45) is 11.0 Å². The van der Waals surface area contributed by atoms with Crippen LogP contribution in [0.1, 0.15) is 42.7 Å². The highest BCUT2D eigenvalue weighted by Crippen LogP contribution is 2.33. The monoisotopic (exact) mass is 351 g/mol. The smallest absolute Gasteiger partial charge is 0.257 e. The number of hydrazone groups is 1. The van der Waals surface area contributed by atoms with E-state index in [4.69, 9.17) is 9.52 Å². The van der Waals surface area contributed by atoms with Crippen LogP contribution in [0.2, 0.25) is 0 Å². The predicted molar refractivity (Wildman–Crippen MR) is 101 cm³/mol. The molecule has 0 aliphatic carbocycles. The summed E-state index contributed by atoms with van der Waals surface area (Å²) in [6.07, 6.45) is 3.50. The van der Waals surface area contributed by atoms with E-state index in [1.807, 2.05) is 12.1 Å². The van der Waals surface area contributed by atoms with Crippen LogP contribution in [0.15, 0.2) is 52.2 Å². The molecule has 2 aliphatic heterocycles. The maximum absolute atomic E-state index is 13.0. The van der Waals surface area contributed by atoms with Crippen LogP contribution in [0, 0.1) is 12.8 Å². The Kier molecular flexibility index (Phi) is 4.64. The first-order chi connectivity index (χ1) is 12.6. The molecule has 1 aromatic carbocycles. The van der Waals surface area contributed by atoms with Crippen molar-refractivity contribution in [3.05, 3.63) is 59.5 Å². The van der Waals surface area contributed by atoms with Gasteiger partial charge in [0.05, 0.1) is 18.5 Å². The van der Waals surface area contributed by atoms with E-state index < -0.39 is 0 Å². The van der Waals surface area contributed by atoms with Gasteiger partial charge in [-0.15, -0.1) is 0 Å². The van der Waals surface area contributed by atoms with Gasteiger partial charge in [0.25, 0.3) is 5.91 Å². The van der Waals surface area contributed by atoms with Gasteiger partial charge < -0.3 is 4.42 Å². The van der Waals surface area contributed by atoms with E-state index in [9.17, 15) is 4.79 Å². The molecule has 5 heteroatoms. The van der Waals surface area contributed by atoms with Crippen molar-refractivity contribution in [2.45, 2.75) is 32.7 Å². The topological polar surface area (TPSA) is 49.1 Å². The molecule has 4 rings (SSSR count). The van der Waals surface area contributed by atoms with E-state index in [0.29, 0.717) is 18.9 Å². The molecule has 3 heterocycles. The third-order valence-electron chi connectivity index (χ3n) is 5.29. The molecule has 2 aliphatic rings. The van der Waals surface area contributed by atoms with Crippen molar-refractivity contribution in [3.63, 3.8) is 0 Å². The average Bonchev–Trinajstić information content (AvgIpc) is 3.35. The Bertz CT molecular complexity index is 795. The third-order valence-corrected chi connectivity index (χ3v) is 5.29. The Balaban J connectivity index is 1.57. The summed E-state index contributed by atoms with van der Waals surface area (Å²) in [6.45, 7) is 6.70. The quantitative estimate of drug-likeness (QED) is 0.845. The van der Waals surface area contributed by atoms with Gasteiger partial charge >= 0.3 is 0 Å². The van der Waals surface area contributed by atoms with Gasteiger partial charge in [-0.3, -0.25) is 9.69 Å². The normalized spacial score (nSPS) is 23.5. The molecule has 0 saturated carbocycles. The Hall–Kier alpha value is -2.40. The standard InChI is InChI=1S/C21H25N3O2/c1-15-5-7-17(8-6-15)18-12-19(20-4-3-11-26-20)24(22-18)21(25)14-23-10-9-16(2)13-23/h3-8,11,16,19H,9-10,12-14H2,1-2H3. The van der Waals surface area contributed by atoms with E-state index in [2.05, 4.69) is 43.0 Å². The third kappa shape index (κ3) is 3.44. The molecule has 2 atom stereocenters. The molecule has 1 saturated heterocycles. The van der Waals surface area contributed by atoms with Crippen LogP contribution >= 0.6 is 0 Å². The van der Waals surface area contributed by atoms with Gasteiger partial charge in [0.15, 0.2) is 0 Å². The van der Waals surface area contributed by atoms with E-state index in [0.717, 1.165) is 36.5 Å². The molecule has 2 aromatic rings. The number of aryl methyl sites for hydroxylation is 1. The molecule has 0 radical (unpaired) electrons. The number of rotatable bonds is 4. The maximum atomic E-state index is 13.0. The highest BCUT2D eigenvalue weighted by molar-refractivity contribution is 6.03. The van der Waals surface area contributed by atoms with E-state index >= 15 is 0 Å². The van der Waals surface area contributed by atoms with Crippen LogP contribution < -0.4 is 0 Å². The van der Waals surface area contributed by atoms with Crippen LogP contribution in [-0.2, 0) is 4.79 Å². The number of carbonyl (C=O) groups excluding carboxylic acids is 1. The van der Waals surface area contributed by atoms with Gasteiger partial charge in [0.2, 0.25) is 0 Å². The van der Waals surface area contributed by atoms with Crippen molar-refractivity contribution in [1.29, 1.82) is 0 Å². The Morgan fingerprint density at radius 3 is 2.73 bits per heavy atom. The van der Waals surface area contributed by atoms with Crippen LogP contribution in [0.3, 0.4) is 0 Å². The number of nitrogens with zero attached hydrogens (tertiary/aromatic N) is 3. The number of hydrogen-bond donors (Lipinski definition) is 0. The van der Waals surface area contributed by atoms with Gasteiger partial charge in [-0.1, -0.05) is 36.8 Å². The Labute approximate surface area is 154 Å². The minimum atomic E-state index is -0.158. The molecule has 5 nitrogen and oxygen atoms in total. The zero-order valence-electron chi connectivity index (χ0n) is 15.4. The first kappa shape index (κ1) is 17.0. The molecule has 0 N–H and O–H groups in total. The fourth-order valence-corrected chi connectivity index (χ4v) is 3.80. The minimum Gasteiger partial charge on any atom is -0.467 e. The van der Waals surface area contributed by atoms with E-state index in [1.165, 1.54) is 5.56 Å². The lowest BCUT2D eigenvalue weighted by atomic mass is 10.0. The molecular formula is C21H25N3O2. The summed E-state index contributed by atoms with van der Waals surface area (Å²) in [5.41, 5.74) is 3.22. The lowest BCUT2D eigenvalue weighted by Gasteiger charge is -2.23. The number of furan rings is 1. The minimum absolute atomic E-state index is 0.0441. The van der Waals surface area contributed by atoms with Crippen LogP contribution in [0.4, 0.5) is 0 Å². The van der Waals surface area contributed by atoms with E-state index in [-0.39, 0.29) is 11.9 Å². The van der Waals surface area contributed by atoms with Crippen LogP contribution in [0.25, 0.3) is 0 Å². The van der Waals surface area contributed by atoms with Crippen molar-refractivity contribution in [2.75, 3.05) is 19.6 Å². The molecule has 136 valence electrons. The number of benzene rings is 1. The van der Waals surface area contributed by atoms with Gasteiger partial charge in [0.1, 0.15) is 11.8 Å². The zero-order valence-corrected chi connectivity index (χ0v) is 15.4. The molecule has 1 fully saturated rings. The largest absolute Gasteiger partial charge is 0.467 e. The van der Waals surface area contributed by atoms with Crippen molar-refractivity contribution in [3.8, 4) is 0 Å².